The van der Waals surface area contributed by atoms with Gasteiger partial charge in [-0.2, -0.15) is 4.98 Å². The van der Waals surface area contributed by atoms with Crippen LogP contribution in [0.1, 0.15) is 35.2 Å². The van der Waals surface area contributed by atoms with Crippen LogP contribution in [-0.4, -0.2) is 45.2 Å². The maximum atomic E-state index is 12.7. The minimum atomic E-state index is -0.394. The summed E-state index contributed by atoms with van der Waals surface area (Å²) in [6.07, 6.45) is 1.38. The molecule has 0 N–H and O–H groups in total. The van der Waals surface area contributed by atoms with Crippen molar-refractivity contribution < 1.29 is 14.1 Å². The molecule has 1 aliphatic rings. The highest BCUT2D eigenvalue weighted by molar-refractivity contribution is 5.92. The molecule has 1 fully saturated rings. The molecule has 2 aromatic rings. The van der Waals surface area contributed by atoms with Crippen molar-refractivity contribution in [1.29, 1.82) is 0 Å². The molecule has 110 valence electrons. The minimum absolute atomic E-state index is 0.161. The van der Waals surface area contributed by atoms with Crippen LogP contribution in [0.3, 0.4) is 0 Å². The van der Waals surface area contributed by atoms with Crippen molar-refractivity contribution in [3.05, 3.63) is 41.8 Å². The van der Waals surface area contributed by atoms with E-state index in [0.29, 0.717) is 30.6 Å². The smallest absolute Gasteiger partial charge is 0.273 e. The zero-order valence-corrected chi connectivity index (χ0v) is 11.9. The molecule has 0 aromatic carbocycles. The molecule has 0 unspecified atom stereocenters. The van der Waals surface area contributed by atoms with Crippen LogP contribution < -0.4 is 0 Å². The number of morpholine rings is 1. The molecule has 0 bridgehead atoms. The number of pyridine rings is 1. The Morgan fingerprint density at radius 1 is 1.43 bits per heavy atom. The first-order valence-corrected chi connectivity index (χ1v) is 6.80. The number of nitrogens with zero attached hydrogens (tertiary/aromatic N) is 4. The lowest BCUT2D eigenvalue weighted by atomic mass is 10.1. The summed E-state index contributed by atoms with van der Waals surface area (Å²) in [7, 11) is 0. The van der Waals surface area contributed by atoms with Gasteiger partial charge in [0.15, 0.2) is 5.82 Å². The third-order valence-corrected chi connectivity index (χ3v) is 3.43. The van der Waals surface area contributed by atoms with Gasteiger partial charge in [0.1, 0.15) is 11.7 Å². The fourth-order valence-corrected chi connectivity index (χ4v) is 2.45. The molecule has 2 atom stereocenters. The first-order chi connectivity index (χ1) is 10.2. The quantitative estimate of drug-likeness (QED) is 0.830. The molecular weight excluding hydrogens is 272 g/mol. The highest BCUT2D eigenvalue weighted by Gasteiger charge is 2.38. The number of carbonyl (C=O) groups is 1. The lowest BCUT2D eigenvalue weighted by molar-refractivity contribution is -0.0602. The highest BCUT2D eigenvalue weighted by atomic mass is 16.5. The number of carbonyl (C=O) groups excluding carboxylic acids is 1. The maximum Gasteiger partial charge on any atom is 0.273 e. The number of rotatable bonds is 2. The molecule has 1 saturated heterocycles. The van der Waals surface area contributed by atoms with Gasteiger partial charge in [0, 0.05) is 12.7 Å². The zero-order valence-electron chi connectivity index (χ0n) is 11.9. The summed E-state index contributed by atoms with van der Waals surface area (Å²) in [5, 5.41) is 3.80. The summed E-state index contributed by atoms with van der Waals surface area (Å²) < 4.78 is 10.9. The molecule has 0 saturated carbocycles. The second-order valence-electron chi connectivity index (χ2n) is 4.91. The van der Waals surface area contributed by atoms with Gasteiger partial charge in [0.25, 0.3) is 11.8 Å². The SMILES string of the molecule is Cc1noc([C@@H]2[C@@H](C)OCCN2C(=O)c2ccccn2)n1. The van der Waals surface area contributed by atoms with Crippen LogP contribution in [0.4, 0.5) is 0 Å². The lowest BCUT2D eigenvalue weighted by Crippen LogP contribution is -2.47. The van der Waals surface area contributed by atoms with E-state index in [4.69, 9.17) is 9.26 Å². The van der Waals surface area contributed by atoms with Crippen molar-refractivity contribution in [3.8, 4) is 0 Å². The monoisotopic (exact) mass is 288 g/mol. The van der Waals surface area contributed by atoms with Gasteiger partial charge in [0.2, 0.25) is 0 Å². The van der Waals surface area contributed by atoms with Crippen LogP contribution in [0.2, 0.25) is 0 Å². The van der Waals surface area contributed by atoms with Crippen LogP contribution in [-0.2, 0) is 4.74 Å². The molecule has 3 heterocycles. The van der Waals surface area contributed by atoms with Crippen molar-refractivity contribution in [2.45, 2.75) is 26.0 Å². The van der Waals surface area contributed by atoms with E-state index in [-0.39, 0.29) is 12.0 Å². The van der Waals surface area contributed by atoms with Gasteiger partial charge in [-0.1, -0.05) is 11.2 Å². The normalized spacial score (nSPS) is 22.3. The fraction of sp³-hybridized carbons (Fsp3) is 0.429. The van der Waals surface area contributed by atoms with E-state index in [9.17, 15) is 4.79 Å². The summed E-state index contributed by atoms with van der Waals surface area (Å²) in [5.41, 5.74) is 0.396. The summed E-state index contributed by atoms with van der Waals surface area (Å²) in [6.45, 7) is 4.57. The Morgan fingerprint density at radius 3 is 2.95 bits per heavy atom. The molecule has 2 aromatic heterocycles. The Morgan fingerprint density at radius 2 is 2.29 bits per heavy atom. The molecule has 7 heteroatoms. The topological polar surface area (TPSA) is 81.4 Å². The molecular formula is C14H16N4O3. The largest absolute Gasteiger partial charge is 0.374 e. The number of hydrogen-bond acceptors (Lipinski definition) is 6. The number of amides is 1. The molecule has 1 aliphatic heterocycles. The van der Waals surface area contributed by atoms with Gasteiger partial charge in [-0.3, -0.25) is 9.78 Å². The summed E-state index contributed by atoms with van der Waals surface area (Å²) in [6, 6.07) is 4.86. The third kappa shape index (κ3) is 2.64. The van der Waals surface area contributed by atoms with E-state index in [1.54, 1.807) is 36.2 Å². The molecule has 0 radical (unpaired) electrons. The summed E-state index contributed by atoms with van der Waals surface area (Å²) in [4.78, 5) is 22.7. The summed E-state index contributed by atoms with van der Waals surface area (Å²) in [5.74, 6) is 0.767. The molecule has 7 nitrogen and oxygen atoms in total. The summed E-state index contributed by atoms with van der Waals surface area (Å²) >= 11 is 0. The van der Waals surface area contributed by atoms with E-state index in [1.807, 2.05) is 6.92 Å². The Bertz CT molecular complexity index is 628. The predicted molar refractivity (Wildman–Crippen MR) is 72.5 cm³/mol. The predicted octanol–water partition coefficient (Wildman–Crippen LogP) is 1.38. The molecule has 0 spiro atoms. The van der Waals surface area contributed by atoms with Gasteiger partial charge in [-0.25, -0.2) is 0 Å². The Kier molecular flexibility index (Phi) is 3.66. The second-order valence-corrected chi connectivity index (χ2v) is 4.91. The lowest BCUT2D eigenvalue weighted by Gasteiger charge is -2.37. The first kappa shape index (κ1) is 13.7. The van der Waals surface area contributed by atoms with Crippen LogP contribution in [0, 0.1) is 6.92 Å². The van der Waals surface area contributed by atoms with Crippen molar-refractivity contribution in [2.75, 3.05) is 13.2 Å². The third-order valence-electron chi connectivity index (χ3n) is 3.43. The van der Waals surface area contributed by atoms with Gasteiger partial charge in [-0.05, 0) is 26.0 Å². The maximum absolute atomic E-state index is 12.7. The number of ether oxygens (including phenoxy) is 1. The van der Waals surface area contributed by atoms with Crippen molar-refractivity contribution in [3.63, 3.8) is 0 Å². The van der Waals surface area contributed by atoms with Crippen molar-refractivity contribution >= 4 is 5.91 Å². The highest BCUT2D eigenvalue weighted by Crippen LogP contribution is 2.29. The zero-order chi connectivity index (χ0) is 14.8. The second kappa shape index (κ2) is 5.61. The van der Waals surface area contributed by atoms with Gasteiger partial charge in [0.05, 0.1) is 12.7 Å². The average molecular weight is 288 g/mol. The average Bonchev–Trinajstić information content (AvgIpc) is 2.93. The van der Waals surface area contributed by atoms with E-state index in [2.05, 4.69) is 15.1 Å². The van der Waals surface area contributed by atoms with E-state index in [1.165, 1.54) is 0 Å². The van der Waals surface area contributed by atoms with Gasteiger partial charge >= 0.3 is 0 Å². The van der Waals surface area contributed by atoms with Crippen LogP contribution in [0.25, 0.3) is 0 Å². The minimum Gasteiger partial charge on any atom is -0.374 e. The molecule has 3 rings (SSSR count). The fourth-order valence-electron chi connectivity index (χ4n) is 2.45. The van der Waals surface area contributed by atoms with Crippen molar-refractivity contribution in [1.82, 2.24) is 20.0 Å². The number of aryl methyl sites for hydroxylation is 1. The Hall–Kier alpha value is -2.28. The Balaban J connectivity index is 1.93. The van der Waals surface area contributed by atoms with E-state index >= 15 is 0 Å². The first-order valence-electron chi connectivity index (χ1n) is 6.80. The molecule has 0 aliphatic carbocycles. The van der Waals surface area contributed by atoms with Crippen LogP contribution >= 0.6 is 0 Å². The van der Waals surface area contributed by atoms with Crippen LogP contribution in [0.5, 0.6) is 0 Å². The van der Waals surface area contributed by atoms with Gasteiger partial charge in [-0.15, -0.1) is 0 Å². The van der Waals surface area contributed by atoms with E-state index in [0.717, 1.165) is 0 Å². The molecule has 21 heavy (non-hydrogen) atoms. The van der Waals surface area contributed by atoms with Crippen molar-refractivity contribution in [2.24, 2.45) is 0 Å². The van der Waals surface area contributed by atoms with E-state index < -0.39 is 6.04 Å². The Labute approximate surface area is 121 Å². The number of hydrogen-bond donors (Lipinski definition) is 0. The van der Waals surface area contributed by atoms with Crippen LogP contribution in [0.15, 0.2) is 28.9 Å². The van der Waals surface area contributed by atoms with Gasteiger partial charge < -0.3 is 14.2 Å². The number of aromatic nitrogens is 3. The standard InChI is InChI=1S/C14H16N4O3/c1-9-12(13-16-10(2)17-21-13)18(7-8-20-9)14(19)11-5-3-4-6-15-11/h3-6,9,12H,7-8H2,1-2H3/t9-,12+/m1/s1. The molecule has 1 amide bonds.